The summed E-state index contributed by atoms with van der Waals surface area (Å²) in [5, 5.41) is 73.5. The zero-order valence-electron chi connectivity index (χ0n) is 24.7. The molecule has 18 heteroatoms. The molecule has 1 aliphatic heterocycles. The van der Waals surface area contributed by atoms with E-state index in [4.69, 9.17) is 9.47 Å². The molecule has 1 aliphatic rings. The van der Waals surface area contributed by atoms with Crippen LogP contribution in [0, 0.1) is 10.1 Å². The molecule has 2 aromatic carbocycles. The van der Waals surface area contributed by atoms with Crippen LogP contribution in [0.2, 0.25) is 0 Å². The van der Waals surface area contributed by atoms with Crippen LogP contribution in [0.15, 0.2) is 46.8 Å². The van der Waals surface area contributed by atoms with E-state index in [9.17, 15) is 50.0 Å². The number of aromatic nitrogens is 2. The van der Waals surface area contributed by atoms with Gasteiger partial charge in [-0.3, -0.25) is 19.7 Å². The van der Waals surface area contributed by atoms with Crippen molar-refractivity contribution in [2.75, 3.05) is 13.1 Å². The standard InChI is InChI=1S/C29H33N5O13/c35-17-8-5-15(6-9-17)12-19(28(41)42)45-29-27(40)26(39)25(38)20(46-29)14-31-21(36)4-2-1-3-11-30-22(37)13-16-7-10-18(34(43)44)24-23(16)32-47-33-24/h5-10,12,20,25-27,29,35,38-40H,1-4,11,13-14H2,(H,30,37)(H,31,36)(H,41,42)/b19-12-/t20-,25+,26+,27-,29-/m1/s1. The van der Waals surface area contributed by atoms with Gasteiger partial charge in [-0.1, -0.05) is 18.6 Å². The molecule has 0 unspecified atom stereocenters. The van der Waals surface area contributed by atoms with E-state index in [-0.39, 0.29) is 47.8 Å². The summed E-state index contributed by atoms with van der Waals surface area (Å²) in [6, 6.07) is 8.15. The Morgan fingerprint density at radius 2 is 1.66 bits per heavy atom. The molecule has 7 N–H and O–H groups in total. The third-order valence-electron chi connectivity index (χ3n) is 7.24. The van der Waals surface area contributed by atoms with Gasteiger partial charge in [-0.25, -0.2) is 9.42 Å². The van der Waals surface area contributed by atoms with Crippen molar-refractivity contribution < 1.29 is 58.9 Å². The number of ether oxygens (including phenoxy) is 2. The summed E-state index contributed by atoms with van der Waals surface area (Å²) in [4.78, 5) is 47.0. The molecule has 1 fully saturated rings. The van der Waals surface area contributed by atoms with Crippen molar-refractivity contribution in [1.29, 1.82) is 0 Å². The van der Waals surface area contributed by atoms with E-state index in [0.717, 1.165) is 6.08 Å². The maximum absolute atomic E-state index is 12.4. The first-order valence-electron chi connectivity index (χ1n) is 14.5. The molecule has 0 radical (unpaired) electrons. The Balaban J connectivity index is 1.17. The number of carboxylic acids is 1. The number of aliphatic hydroxyl groups excluding tert-OH is 3. The number of unbranched alkanes of at least 4 members (excludes halogenated alkanes) is 2. The molecule has 1 aromatic heterocycles. The number of nitrogens with one attached hydrogen (secondary N) is 2. The molecule has 0 spiro atoms. The summed E-state index contributed by atoms with van der Waals surface area (Å²) in [6.07, 6.45) is -5.42. The fourth-order valence-corrected chi connectivity index (χ4v) is 4.72. The zero-order valence-corrected chi connectivity index (χ0v) is 24.7. The van der Waals surface area contributed by atoms with Crippen LogP contribution in [0.1, 0.15) is 36.8 Å². The number of phenolic OH excluding ortho intramolecular Hbond substituents is 1. The monoisotopic (exact) mass is 659 g/mol. The number of carbonyl (C=O) groups excluding carboxylic acids is 2. The van der Waals surface area contributed by atoms with Crippen molar-refractivity contribution >= 4 is 40.6 Å². The number of benzene rings is 2. The number of fused-ring (bicyclic) bond motifs is 1. The summed E-state index contributed by atoms with van der Waals surface area (Å²) in [5.41, 5.74) is 0.576. The molecule has 0 aliphatic carbocycles. The van der Waals surface area contributed by atoms with Crippen molar-refractivity contribution in [3.05, 3.63) is 63.4 Å². The van der Waals surface area contributed by atoms with Crippen molar-refractivity contribution in [2.24, 2.45) is 0 Å². The Labute approximate surface area is 265 Å². The predicted molar refractivity (Wildman–Crippen MR) is 158 cm³/mol. The van der Waals surface area contributed by atoms with E-state index in [0.29, 0.717) is 36.9 Å². The van der Waals surface area contributed by atoms with Gasteiger partial charge in [-0.15, -0.1) is 0 Å². The highest BCUT2D eigenvalue weighted by atomic mass is 16.7. The zero-order chi connectivity index (χ0) is 34.1. The first-order chi connectivity index (χ1) is 22.4. The van der Waals surface area contributed by atoms with Gasteiger partial charge in [0, 0.05) is 25.6 Å². The van der Waals surface area contributed by atoms with Gasteiger partial charge in [0.15, 0.2) is 0 Å². The second kappa shape index (κ2) is 15.9. The van der Waals surface area contributed by atoms with Crippen LogP contribution in [-0.4, -0.2) is 102 Å². The Morgan fingerprint density at radius 3 is 2.36 bits per heavy atom. The van der Waals surface area contributed by atoms with Crippen molar-refractivity contribution in [1.82, 2.24) is 20.9 Å². The average molecular weight is 660 g/mol. The molecule has 5 atom stereocenters. The van der Waals surface area contributed by atoms with Crippen LogP contribution in [0.3, 0.4) is 0 Å². The highest BCUT2D eigenvalue weighted by Gasteiger charge is 2.45. The lowest BCUT2D eigenvalue weighted by Crippen LogP contribution is -2.60. The first-order valence-corrected chi connectivity index (χ1v) is 14.5. The minimum atomic E-state index is -1.81. The van der Waals surface area contributed by atoms with Crippen LogP contribution >= 0.6 is 0 Å². The lowest BCUT2D eigenvalue weighted by Gasteiger charge is -2.40. The molecule has 0 bridgehead atoms. The van der Waals surface area contributed by atoms with Gasteiger partial charge >= 0.3 is 11.7 Å². The van der Waals surface area contributed by atoms with Crippen LogP contribution < -0.4 is 10.6 Å². The van der Waals surface area contributed by atoms with E-state index >= 15 is 0 Å². The fourth-order valence-electron chi connectivity index (χ4n) is 4.72. The second-order valence-electron chi connectivity index (χ2n) is 10.6. The molecule has 0 saturated carbocycles. The Hall–Kier alpha value is -5.17. The molecule has 252 valence electrons. The van der Waals surface area contributed by atoms with Crippen molar-refractivity contribution in [3.8, 4) is 5.75 Å². The highest BCUT2D eigenvalue weighted by Crippen LogP contribution is 2.26. The van der Waals surface area contributed by atoms with Gasteiger partial charge in [0.1, 0.15) is 35.7 Å². The van der Waals surface area contributed by atoms with Gasteiger partial charge in [0.2, 0.25) is 29.4 Å². The number of aromatic hydroxyl groups is 1. The van der Waals surface area contributed by atoms with Crippen molar-refractivity contribution in [3.63, 3.8) is 0 Å². The number of nitro benzene ring substituents is 1. The van der Waals surface area contributed by atoms with E-state index < -0.39 is 53.3 Å². The number of carbonyl (C=O) groups is 3. The maximum atomic E-state index is 12.4. The first kappa shape index (κ1) is 34.7. The third kappa shape index (κ3) is 9.19. The molecule has 3 aromatic rings. The third-order valence-corrected chi connectivity index (χ3v) is 7.24. The number of amides is 2. The summed E-state index contributed by atoms with van der Waals surface area (Å²) < 4.78 is 15.4. The summed E-state index contributed by atoms with van der Waals surface area (Å²) in [6.45, 7) is 0.0393. The fraction of sp³-hybridized carbons (Fsp3) is 0.414. The highest BCUT2D eigenvalue weighted by molar-refractivity contribution is 5.90. The molecule has 1 saturated heterocycles. The number of nitrogens with zero attached hydrogens (tertiary/aromatic N) is 3. The maximum Gasteiger partial charge on any atom is 0.371 e. The number of aliphatic hydroxyl groups is 3. The number of hydrogen-bond donors (Lipinski definition) is 7. The molecule has 2 heterocycles. The Morgan fingerprint density at radius 1 is 0.936 bits per heavy atom. The molecule has 4 rings (SSSR count). The predicted octanol–water partition coefficient (Wildman–Crippen LogP) is 0.122. The van der Waals surface area contributed by atoms with Gasteiger partial charge in [-0.2, -0.15) is 0 Å². The summed E-state index contributed by atoms with van der Waals surface area (Å²) in [7, 11) is 0. The number of carboxylic acid groups (broad SMARTS) is 1. The van der Waals surface area contributed by atoms with Crippen LogP contribution in [0.25, 0.3) is 17.1 Å². The summed E-state index contributed by atoms with van der Waals surface area (Å²) in [5.74, 6) is -2.92. The largest absolute Gasteiger partial charge is 0.508 e. The molecule has 47 heavy (non-hydrogen) atoms. The minimum Gasteiger partial charge on any atom is -0.508 e. The topological polar surface area (TPSA) is 277 Å². The molecule has 18 nitrogen and oxygen atoms in total. The van der Waals surface area contributed by atoms with Crippen LogP contribution in [0.5, 0.6) is 5.75 Å². The molecule has 2 amide bonds. The lowest BCUT2D eigenvalue weighted by molar-refractivity contribution is -0.383. The SMILES string of the molecule is O=C(CCCCCNC(=O)Cc1ccc([N+](=O)[O-])c2nonc12)NC[C@H]1O[C@@H](O/C(=C\c2ccc(O)cc2)C(=O)O)[C@H](O)[C@@H](O)[C@H]1O. The number of rotatable bonds is 15. The average Bonchev–Trinajstić information content (AvgIpc) is 3.53. The quantitative estimate of drug-likeness (QED) is 0.0375. The number of phenols is 1. The number of hydrogen-bond acceptors (Lipinski definition) is 14. The van der Waals surface area contributed by atoms with Gasteiger partial charge in [0.25, 0.3) is 0 Å². The van der Waals surface area contributed by atoms with E-state index in [2.05, 4.69) is 25.6 Å². The number of nitro groups is 1. The Bertz CT molecular complexity index is 1610. The minimum absolute atomic E-state index is 0.0384. The number of non-ortho nitro benzene ring substituents is 1. The second-order valence-corrected chi connectivity index (χ2v) is 10.6. The smallest absolute Gasteiger partial charge is 0.371 e. The summed E-state index contributed by atoms with van der Waals surface area (Å²) >= 11 is 0. The van der Waals surface area contributed by atoms with E-state index in [1.165, 1.54) is 36.4 Å². The van der Waals surface area contributed by atoms with Gasteiger partial charge in [0.05, 0.1) is 11.3 Å². The van der Waals surface area contributed by atoms with Crippen LogP contribution in [-0.2, 0) is 30.3 Å². The van der Waals surface area contributed by atoms with Gasteiger partial charge in [-0.05, 0) is 58.6 Å². The van der Waals surface area contributed by atoms with E-state index in [1.807, 2.05) is 0 Å². The number of aliphatic carboxylic acids is 1. The molecular formula is C29H33N5O13. The van der Waals surface area contributed by atoms with Crippen molar-refractivity contribution in [2.45, 2.75) is 62.8 Å². The Kier molecular flexibility index (Phi) is 11.7. The lowest BCUT2D eigenvalue weighted by atomic mass is 9.98. The molecular weight excluding hydrogens is 626 g/mol. The van der Waals surface area contributed by atoms with Gasteiger partial charge < -0.3 is 45.6 Å². The normalized spacial score (nSPS) is 21.3. The van der Waals surface area contributed by atoms with E-state index in [1.54, 1.807) is 0 Å². The van der Waals surface area contributed by atoms with Crippen LogP contribution in [0.4, 0.5) is 5.69 Å².